The number of ether oxygens (including phenoxy) is 1. The third-order valence-electron chi connectivity index (χ3n) is 3.59. The molecule has 0 aliphatic carbocycles. The average molecular weight is 445 g/mol. The second kappa shape index (κ2) is 8.29. The number of hydrogen-bond acceptors (Lipinski definition) is 7. The molecular weight excluding hydrogens is 428 g/mol. The topological polar surface area (TPSA) is 119 Å². The van der Waals surface area contributed by atoms with Gasteiger partial charge in [0, 0.05) is 11.8 Å². The summed E-state index contributed by atoms with van der Waals surface area (Å²) in [4.78, 5) is 13.8. The number of esters is 1. The number of carbonyl (C=O) groups is 1. The Morgan fingerprint density at radius 2 is 1.68 bits per heavy atom. The fourth-order valence-corrected chi connectivity index (χ4v) is 4.29. The van der Waals surface area contributed by atoms with Crippen molar-refractivity contribution >= 4 is 43.1 Å². The molecule has 0 fully saturated rings. The van der Waals surface area contributed by atoms with Crippen molar-refractivity contribution in [1.29, 1.82) is 0 Å². The van der Waals surface area contributed by atoms with E-state index in [4.69, 9.17) is 11.6 Å². The van der Waals surface area contributed by atoms with Crippen molar-refractivity contribution in [2.24, 2.45) is 5.10 Å². The van der Waals surface area contributed by atoms with Crippen LogP contribution in [-0.2, 0) is 29.4 Å². The number of aryl methyl sites for hydroxylation is 1. The van der Waals surface area contributed by atoms with Crippen LogP contribution in [0.3, 0.4) is 0 Å². The number of rotatable bonds is 6. The zero-order valence-corrected chi connectivity index (χ0v) is 17.5. The van der Waals surface area contributed by atoms with E-state index in [9.17, 15) is 21.6 Å². The molecule has 2 aromatic rings. The monoisotopic (exact) mass is 444 g/mol. The Bertz CT molecular complexity index is 1140. The van der Waals surface area contributed by atoms with Gasteiger partial charge in [0.25, 0.3) is 10.0 Å². The molecule has 0 spiro atoms. The molecule has 11 heteroatoms. The second-order valence-corrected chi connectivity index (χ2v) is 9.83. The van der Waals surface area contributed by atoms with Gasteiger partial charge in [0.2, 0.25) is 0 Å². The van der Waals surface area contributed by atoms with E-state index >= 15 is 0 Å². The summed E-state index contributed by atoms with van der Waals surface area (Å²) in [5, 5.41) is 3.52. The molecule has 8 nitrogen and oxygen atoms in total. The molecule has 0 atom stereocenters. The van der Waals surface area contributed by atoms with Crippen molar-refractivity contribution < 1.29 is 26.4 Å². The molecule has 0 bridgehead atoms. The molecule has 1 N–H and O–H groups in total. The number of nitrogens with zero attached hydrogens (tertiary/aromatic N) is 1. The lowest BCUT2D eigenvalue weighted by Gasteiger charge is -2.09. The maximum absolute atomic E-state index is 12.4. The lowest BCUT2D eigenvalue weighted by molar-refractivity contribution is -0.132. The predicted molar refractivity (Wildman–Crippen MR) is 105 cm³/mol. The Morgan fingerprint density at radius 1 is 1.07 bits per heavy atom. The van der Waals surface area contributed by atoms with Gasteiger partial charge in [-0.2, -0.15) is 18.4 Å². The fraction of sp³-hybridized carbons (Fsp3) is 0.176. The molecule has 2 aromatic carbocycles. The minimum atomic E-state index is -4.04. The molecule has 0 amide bonds. The molecule has 0 aromatic heterocycles. The summed E-state index contributed by atoms with van der Waals surface area (Å²) in [6, 6.07) is 9.67. The third-order valence-corrected chi connectivity index (χ3v) is 6.40. The zero-order valence-electron chi connectivity index (χ0n) is 15.1. The van der Waals surface area contributed by atoms with E-state index in [0.717, 1.165) is 18.9 Å². The van der Waals surface area contributed by atoms with Crippen LogP contribution in [-0.4, -0.2) is 41.9 Å². The van der Waals surface area contributed by atoms with Crippen LogP contribution in [0.5, 0.6) is 0 Å². The molecule has 28 heavy (non-hydrogen) atoms. The molecule has 0 aliphatic rings. The number of sulfonamides is 1. The molecule has 0 saturated heterocycles. The first-order valence-corrected chi connectivity index (χ1v) is 11.5. The number of halogens is 1. The summed E-state index contributed by atoms with van der Waals surface area (Å²) in [7, 11) is -6.52. The van der Waals surface area contributed by atoms with Crippen LogP contribution in [0.25, 0.3) is 0 Å². The Hall–Kier alpha value is -2.43. The summed E-state index contributed by atoms with van der Waals surface area (Å²) in [5.74, 6) is -0.935. The summed E-state index contributed by atoms with van der Waals surface area (Å²) >= 11 is 5.98. The SMILES string of the molecule is COC(=O)/C(=N\NS(=O)(=O)c1ccc(C)cc1)c1ccc(S(C)(=O)=O)c(Cl)c1. The van der Waals surface area contributed by atoms with E-state index in [-0.39, 0.29) is 26.1 Å². The van der Waals surface area contributed by atoms with E-state index in [0.29, 0.717) is 0 Å². The summed E-state index contributed by atoms with van der Waals surface area (Å²) in [6.45, 7) is 1.81. The van der Waals surface area contributed by atoms with Crippen LogP contribution < -0.4 is 4.83 Å². The molecular formula is C17H17ClN2O6S2. The molecule has 0 radical (unpaired) electrons. The minimum Gasteiger partial charge on any atom is -0.464 e. The molecule has 0 unspecified atom stereocenters. The average Bonchev–Trinajstić information content (AvgIpc) is 2.60. The summed E-state index contributed by atoms with van der Waals surface area (Å²) < 4.78 is 52.7. The van der Waals surface area contributed by atoms with E-state index in [2.05, 4.69) is 9.84 Å². The molecule has 2 rings (SSSR count). The fourth-order valence-electron chi connectivity index (χ4n) is 2.15. The van der Waals surface area contributed by atoms with Crippen LogP contribution in [0.4, 0.5) is 0 Å². The third kappa shape index (κ3) is 5.09. The lowest BCUT2D eigenvalue weighted by Crippen LogP contribution is -2.25. The van der Waals surface area contributed by atoms with Gasteiger partial charge in [0.15, 0.2) is 15.5 Å². The van der Waals surface area contributed by atoms with E-state index in [1.54, 1.807) is 19.1 Å². The van der Waals surface area contributed by atoms with Gasteiger partial charge in [-0.1, -0.05) is 35.4 Å². The molecule has 0 aliphatic heterocycles. The maximum atomic E-state index is 12.4. The van der Waals surface area contributed by atoms with Crippen molar-refractivity contribution in [3.05, 3.63) is 58.6 Å². The van der Waals surface area contributed by atoms with Crippen molar-refractivity contribution in [3.8, 4) is 0 Å². The highest BCUT2D eigenvalue weighted by Gasteiger charge is 2.21. The predicted octanol–water partition coefficient (Wildman–Crippen LogP) is 1.91. The summed E-state index contributed by atoms with van der Waals surface area (Å²) in [5.41, 5.74) is 0.564. The van der Waals surface area contributed by atoms with Gasteiger partial charge < -0.3 is 4.74 Å². The van der Waals surface area contributed by atoms with Crippen molar-refractivity contribution in [2.75, 3.05) is 13.4 Å². The van der Waals surface area contributed by atoms with E-state index in [1.807, 2.05) is 4.83 Å². The zero-order chi connectivity index (χ0) is 21.1. The normalized spacial score (nSPS) is 12.5. The first kappa shape index (κ1) is 21.9. The smallest absolute Gasteiger partial charge is 0.359 e. The van der Waals surface area contributed by atoms with Gasteiger partial charge in [0.1, 0.15) is 0 Å². The highest BCUT2D eigenvalue weighted by Crippen LogP contribution is 2.23. The number of methoxy groups -OCH3 is 1. The summed E-state index contributed by atoms with van der Waals surface area (Å²) in [6.07, 6.45) is 0.985. The van der Waals surface area contributed by atoms with E-state index < -0.39 is 25.8 Å². The number of benzene rings is 2. The Labute approximate surface area is 168 Å². The number of nitrogens with one attached hydrogen (secondary N) is 1. The highest BCUT2D eigenvalue weighted by molar-refractivity contribution is 7.90. The first-order chi connectivity index (χ1) is 13.0. The Morgan fingerprint density at radius 3 is 2.18 bits per heavy atom. The maximum Gasteiger partial charge on any atom is 0.359 e. The first-order valence-electron chi connectivity index (χ1n) is 7.70. The van der Waals surface area contributed by atoms with Gasteiger partial charge in [0.05, 0.1) is 21.9 Å². The second-order valence-electron chi connectivity index (χ2n) is 5.78. The van der Waals surface area contributed by atoms with Gasteiger partial charge in [-0.05, 0) is 31.2 Å². The van der Waals surface area contributed by atoms with E-state index in [1.165, 1.54) is 30.3 Å². The Kier molecular flexibility index (Phi) is 6.48. The lowest BCUT2D eigenvalue weighted by atomic mass is 10.1. The van der Waals surface area contributed by atoms with Gasteiger partial charge in [-0.3, -0.25) is 0 Å². The Balaban J connectivity index is 2.46. The van der Waals surface area contributed by atoms with Gasteiger partial charge >= 0.3 is 5.97 Å². The van der Waals surface area contributed by atoms with Crippen LogP contribution in [0.2, 0.25) is 5.02 Å². The standard InChI is InChI=1S/C17H17ClN2O6S2/c1-11-4-7-13(8-5-11)28(24,25)20-19-16(17(21)26-2)12-6-9-15(14(18)10-12)27(3,22)23/h4-10,20H,1-3H3/b19-16-. The number of hydrazone groups is 1. The van der Waals surface area contributed by atoms with Crippen molar-refractivity contribution in [2.45, 2.75) is 16.7 Å². The minimum absolute atomic E-state index is 0.0449. The molecule has 0 heterocycles. The van der Waals surface area contributed by atoms with Crippen molar-refractivity contribution in [1.82, 2.24) is 4.83 Å². The quantitative estimate of drug-likeness (QED) is 0.413. The van der Waals surface area contributed by atoms with Gasteiger partial charge in [-0.25, -0.2) is 13.2 Å². The highest BCUT2D eigenvalue weighted by atomic mass is 35.5. The number of carbonyl (C=O) groups excluding carboxylic acids is 1. The van der Waals surface area contributed by atoms with Crippen LogP contribution in [0.15, 0.2) is 57.4 Å². The van der Waals surface area contributed by atoms with Crippen LogP contribution in [0, 0.1) is 6.92 Å². The largest absolute Gasteiger partial charge is 0.464 e. The number of hydrogen-bond donors (Lipinski definition) is 1. The molecule has 150 valence electrons. The molecule has 0 saturated carbocycles. The van der Waals surface area contributed by atoms with Crippen molar-refractivity contribution in [3.63, 3.8) is 0 Å². The van der Waals surface area contributed by atoms with Gasteiger partial charge in [-0.15, -0.1) is 0 Å². The van der Waals surface area contributed by atoms with Crippen LogP contribution >= 0.6 is 11.6 Å². The number of sulfone groups is 1. The van der Waals surface area contributed by atoms with Crippen LogP contribution in [0.1, 0.15) is 11.1 Å².